The van der Waals surface area contributed by atoms with Gasteiger partial charge in [0, 0.05) is 31.1 Å². The maximum atomic E-state index is 12.3. The number of nitrogens with zero attached hydrogens (tertiary/aromatic N) is 3. The van der Waals surface area contributed by atoms with E-state index in [0.717, 1.165) is 17.6 Å². The Hall–Kier alpha value is -2.15. The molecule has 4 nitrogen and oxygen atoms in total. The van der Waals surface area contributed by atoms with Crippen LogP contribution in [0.2, 0.25) is 0 Å². The second-order valence-electron chi connectivity index (χ2n) is 4.29. The minimum Gasteiger partial charge on any atom is -0.334 e. The predicted octanol–water partition coefficient (Wildman–Crippen LogP) is 2.68. The maximum absolute atomic E-state index is 12.3. The summed E-state index contributed by atoms with van der Waals surface area (Å²) < 4.78 is 0. The van der Waals surface area contributed by atoms with Crippen LogP contribution in [0.1, 0.15) is 32.3 Å². The van der Waals surface area contributed by atoms with Crippen LogP contribution >= 0.6 is 0 Å². The van der Waals surface area contributed by atoms with Gasteiger partial charge in [-0.25, -0.2) is 0 Å². The van der Waals surface area contributed by atoms with Gasteiger partial charge in [-0.1, -0.05) is 19.1 Å². The monoisotopic (exact) mass is 257 g/mol. The van der Waals surface area contributed by atoms with Crippen LogP contribution < -0.4 is 0 Å². The topological polar surface area (TPSA) is 57.0 Å². The zero-order chi connectivity index (χ0) is 14.1. The van der Waals surface area contributed by atoms with Gasteiger partial charge in [0.2, 0.25) is 5.91 Å². The molecule has 0 unspecified atom stereocenters. The van der Waals surface area contributed by atoms with Crippen LogP contribution in [0.25, 0.3) is 0 Å². The standard InChI is InChI=1S/C15H19N3O/c1-3-6-13(2)15(19)18(10-5-8-16)12-14-7-4-9-17-11-14/h4,6-7,9,11H,3,5,10,12H2,1-2H3/b13-6-. The van der Waals surface area contributed by atoms with Gasteiger partial charge in [0.15, 0.2) is 0 Å². The fraction of sp³-hybridized carbons (Fsp3) is 0.400. The molecule has 0 radical (unpaired) electrons. The number of carbonyl (C=O) groups is 1. The van der Waals surface area contributed by atoms with Crippen molar-refractivity contribution in [1.82, 2.24) is 9.88 Å². The fourth-order valence-corrected chi connectivity index (χ4v) is 1.79. The van der Waals surface area contributed by atoms with Crippen LogP contribution in [0, 0.1) is 11.3 Å². The lowest BCUT2D eigenvalue weighted by Gasteiger charge is -2.22. The van der Waals surface area contributed by atoms with Crippen molar-refractivity contribution < 1.29 is 4.79 Å². The molecule has 0 aliphatic carbocycles. The van der Waals surface area contributed by atoms with Crippen molar-refractivity contribution in [3.05, 3.63) is 41.7 Å². The first kappa shape index (κ1) is 14.9. The van der Waals surface area contributed by atoms with Gasteiger partial charge in [0.25, 0.3) is 0 Å². The zero-order valence-electron chi connectivity index (χ0n) is 11.5. The number of pyridine rings is 1. The molecule has 0 aliphatic heterocycles. The van der Waals surface area contributed by atoms with E-state index in [1.54, 1.807) is 17.3 Å². The van der Waals surface area contributed by atoms with Crippen molar-refractivity contribution in [2.75, 3.05) is 6.54 Å². The van der Waals surface area contributed by atoms with E-state index in [-0.39, 0.29) is 5.91 Å². The van der Waals surface area contributed by atoms with Crippen molar-refractivity contribution >= 4 is 5.91 Å². The van der Waals surface area contributed by atoms with Gasteiger partial charge in [0.1, 0.15) is 0 Å². The summed E-state index contributed by atoms with van der Waals surface area (Å²) in [5.74, 6) is -0.0130. The third kappa shape index (κ3) is 4.92. The average molecular weight is 257 g/mol. The van der Waals surface area contributed by atoms with E-state index in [2.05, 4.69) is 11.1 Å². The highest BCUT2D eigenvalue weighted by molar-refractivity contribution is 5.92. The molecular weight excluding hydrogens is 238 g/mol. The molecule has 0 saturated carbocycles. The van der Waals surface area contributed by atoms with Gasteiger partial charge in [-0.15, -0.1) is 0 Å². The van der Waals surface area contributed by atoms with E-state index in [4.69, 9.17) is 5.26 Å². The Balaban J connectivity index is 2.80. The average Bonchev–Trinajstić information content (AvgIpc) is 2.44. The molecular formula is C15H19N3O. The molecule has 4 heteroatoms. The third-order valence-electron chi connectivity index (χ3n) is 2.72. The Morgan fingerprint density at radius 3 is 2.95 bits per heavy atom. The first-order chi connectivity index (χ1) is 9.19. The number of amides is 1. The molecule has 100 valence electrons. The summed E-state index contributed by atoms with van der Waals surface area (Å²) in [6.07, 6.45) is 6.52. The molecule has 0 saturated heterocycles. The molecule has 19 heavy (non-hydrogen) atoms. The highest BCUT2D eigenvalue weighted by Crippen LogP contribution is 2.09. The van der Waals surface area contributed by atoms with Crippen LogP contribution in [0.3, 0.4) is 0 Å². The lowest BCUT2D eigenvalue weighted by molar-refractivity contribution is -0.127. The normalized spacial score (nSPS) is 10.9. The molecule has 1 heterocycles. The SMILES string of the molecule is CC/C=C(/C)C(=O)N(CCC#N)Cc1cccnc1. The summed E-state index contributed by atoms with van der Waals surface area (Å²) in [7, 11) is 0. The van der Waals surface area contributed by atoms with E-state index in [9.17, 15) is 4.79 Å². The van der Waals surface area contributed by atoms with Gasteiger partial charge >= 0.3 is 0 Å². The third-order valence-corrected chi connectivity index (χ3v) is 2.72. The second-order valence-corrected chi connectivity index (χ2v) is 4.29. The Kier molecular flexibility index (Phi) is 6.31. The van der Waals surface area contributed by atoms with Crippen LogP contribution in [-0.4, -0.2) is 22.3 Å². The highest BCUT2D eigenvalue weighted by atomic mass is 16.2. The van der Waals surface area contributed by atoms with Crippen molar-refractivity contribution in [2.45, 2.75) is 33.2 Å². The van der Waals surface area contributed by atoms with Crippen molar-refractivity contribution in [1.29, 1.82) is 5.26 Å². The quantitative estimate of drug-likeness (QED) is 0.736. The van der Waals surface area contributed by atoms with E-state index in [0.29, 0.717) is 19.5 Å². The molecule has 1 rings (SSSR count). The maximum Gasteiger partial charge on any atom is 0.249 e. The van der Waals surface area contributed by atoms with Gasteiger partial charge < -0.3 is 4.90 Å². The molecule has 1 aromatic rings. The molecule has 0 fully saturated rings. The summed E-state index contributed by atoms with van der Waals surface area (Å²) in [5, 5.41) is 8.69. The van der Waals surface area contributed by atoms with Crippen molar-refractivity contribution in [3.8, 4) is 6.07 Å². The molecule has 1 amide bonds. The number of hydrogen-bond acceptors (Lipinski definition) is 3. The fourth-order valence-electron chi connectivity index (χ4n) is 1.79. The summed E-state index contributed by atoms with van der Waals surface area (Å²) in [5.41, 5.74) is 1.70. The Morgan fingerprint density at radius 2 is 2.37 bits per heavy atom. The largest absolute Gasteiger partial charge is 0.334 e. The van der Waals surface area contributed by atoms with Crippen LogP contribution in [-0.2, 0) is 11.3 Å². The molecule has 0 spiro atoms. The first-order valence-electron chi connectivity index (χ1n) is 6.41. The number of allylic oxidation sites excluding steroid dienone is 1. The second kappa shape index (κ2) is 8.04. The summed E-state index contributed by atoms with van der Waals surface area (Å²) in [6, 6.07) is 5.85. The van der Waals surface area contributed by atoms with E-state index < -0.39 is 0 Å². The van der Waals surface area contributed by atoms with Gasteiger partial charge in [0.05, 0.1) is 12.5 Å². The number of hydrogen-bond donors (Lipinski definition) is 0. The number of rotatable bonds is 6. The van der Waals surface area contributed by atoms with Crippen LogP contribution in [0.15, 0.2) is 36.2 Å². The van der Waals surface area contributed by atoms with Crippen LogP contribution in [0.4, 0.5) is 0 Å². The first-order valence-corrected chi connectivity index (χ1v) is 6.41. The summed E-state index contributed by atoms with van der Waals surface area (Å²) in [6.45, 7) is 4.74. The molecule has 0 aromatic carbocycles. The van der Waals surface area contributed by atoms with Gasteiger partial charge in [-0.3, -0.25) is 9.78 Å². The van der Waals surface area contributed by atoms with Crippen molar-refractivity contribution in [3.63, 3.8) is 0 Å². The zero-order valence-corrected chi connectivity index (χ0v) is 11.5. The molecule has 1 aromatic heterocycles. The Bertz CT molecular complexity index is 474. The molecule has 0 aliphatic rings. The lowest BCUT2D eigenvalue weighted by atomic mass is 10.2. The van der Waals surface area contributed by atoms with Crippen molar-refractivity contribution in [2.24, 2.45) is 0 Å². The molecule has 0 bridgehead atoms. The lowest BCUT2D eigenvalue weighted by Crippen LogP contribution is -2.32. The minimum absolute atomic E-state index is 0.0130. The van der Waals surface area contributed by atoms with Crippen LogP contribution in [0.5, 0.6) is 0 Å². The molecule has 0 N–H and O–H groups in total. The smallest absolute Gasteiger partial charge is 0.249 e. The highest BCUT2D eigenvalue weighted by Gasteiger charge is 2.15. The van der Waals surface area contributed by atoms with E-state index in [1.165, 1.54) is 0 Å². The van der Waals surface area contributed by atoms with Gasteiger partial charge in [-0.05, 0) is 25.0 Å². The van der Waals surface area contributed by atoms with Gasteiger partial charge in [-0.2, -0.15) is 5.26 Å². The summed E-state index contributed by atoms with van der Waals surface area (Å²) in [4.78, 5) is 18.0. The summed E-state index contributed by atoms with van der Waals surface area (Å²) >= 11 is 0. The predicted molar refractivity (Wildman–Crippen MR) is 73.9 cm³/mol. The Labute approximate surface area is 114 Å². The number of nitriles is 1. The minimum atomic E-state index is -0.0130. The number of aromatic nitrogens is 1. The number of carbonyl (C=O) groups excluding carboxylic acids is 1. The van der Waals surface area contributed by atoms with E-state index >= 15 is 0 Å². The molecule has 0 atom stereocenters. The van der Waals surface area contributed by atoms with E-state index in [1.807, 2.05) is 32.1 Å². The Morgan fingerprint density at radius 1 is 1.58 bits per heavy atom.